The van der Waals surface area contributed by atoms with Gasteiger partial charge in [0, 0.05) is 18.4 Å². The average molecular weight is 178 g/mol. The summed E-state index contributed by atoms with van der Waals surface area (Å²) in [6, 6.07) is 2.65. The highest BCUT2D eigenvalue weighted by atomic mass is 14.8. The Labute approximate surface area is 80.4 Å². The highest BCUT2D eigenvalue weighted by molar-refractivity contribution is 5.21. The fourth-order valence-corrected chi connectivity index (χ4v) is 1.27. The first-order valence-electron chi connectivity index (χ1n) is 4.80. The molecule has 1 rings (SSSR count). The van der Waals surface area contributed by atoms with Gasteiger partial charge in [0.05, 0.1) is 0 Å². The summed E-state index contributed by atoms with van der Waals surface area (Å²) in [5.74, 6) is 0. The fraction of sp³-hybridized carbons (Fsp3) is 0.545. The van der Waals surface area contributed by atoms with Crippen LogP contribution in [0.2, 0.25) is 0 Å². The Balaban J connectivity index is 2.50. The molecule has 0 aliphatic heterocycles. The molecule has 0 radical (unpaired) electrons. The summed E-state index contributed by atoms with van der Waals surface area (Å²) in [6.07, 6.45) is 6.10. The molecule has 1 unspecified atom stereocenters. The van der Waals surface area contributed by atoms with E-state index in [1.165, 1.54) is 17.5 Å². The Morgan fingerprint density at radius 1 is 1.54 bits per heavy atom. The third-order valence-electron chi connectivity index (χ3n) is 2.49. The van der Waals surface area contributed by atoms with Crippen molar-refractivity contribution in [3.8, 4) is 0 Å². The minimum atomic E-state index is 0.583. The molecule has 0 bridgehead atoms. The van der Waals surface area contributed by atoms with Gasteiger partial charge >= 0.3 is 0 Å². The second kappa shape index (κ2) is 4.97. The Bertz CT molecular complexity index is 258. The maximum absolute atomic E-state index is 4.13. The number of aromatic nitrogens is 1. The van der Waals surface area contributed by atoms with Crippen molar-refractivity contribution in [2.45, 2.75) is 32.7 Å². The van der Waals surface area contributed by atoms with Gasteiger partial charge < -0.3 is 5.32 Å². The lowest BCUT2D eigenvalue weighted by Gasteiger charge is -2.10. The first kappa shape index (κ1) is 10.2. The molecule has 0 spiro atoms. The van der Waals surface area contributed by atoms with Crippen LogP contribution in [0.25, 0.3) is 0 Å². The Morgan fingerprint density at radius 2 is 2.31 bits per heavy atom. The van der Waals surface area contributed by atoms with Crippen LogP contribution >= 0.6 is 0 Å². The summed E-state index contributed by atoms with van der Waals surface area (Å²) in [5, 5.41) is 3.23. The Hall–Kier alpha value is -0.890. The standard InChI is InChI=1S/C11H18N2/c1-9-6-7-13-8-11(9)5-4-10(2)12-3/h6-8,10,12H,4-5H2,1-3H3. The fourth-order valence-electron chi connectivity index (χ4n) is 1.27. The zero-order valence-corrected chi connectivity index (χ0v) is 8.67. The van der Waals surface area contributed by atoms with Gasteiger partial charge in [0.1, 0.15) is 0 Å². The highest BCUT2D eigenvalue weighted by Gasteiger charge is 2.01. The number of nitrogens with one attached hydrogen (secondary N) is 1. The third kappa shape index (κ3) is 3.15. The molecule has 1 aromatic heterocycles. The average Bonchev–Trinajstić information content (AvgIpc) is 2.16. The molecule has 0 fully saturated rings. The van der Waals surface area contributed by atoms with E-state index in [0.717, 1.165) is 6.42 Å². The molecule has 2 heteroatoms. The second-order valence-electron chi connectivity index (χ2n) is 3.53. The van der Waals surface area contributed by atoms with Crippen LogP contribution in [-0.4, -0.2) is 18.1 Å². The monoisotopic (exact) mass is 178 g/mol. The largest absolute Gasteiger partial charge is 0.317 e. The number of aryl methyl sites for hydroxylation is 2. The van der Waals surface area contributed by atoms with Crippen molar-refractivity contribution in [2.24, 2.45) is 0 Å². The quantitative estimate of drug-likeness (QED) is 0.762. The van der Waals surface area contributed by atoms with Crippen molar-refractivity contribution >= 4 is 0 Å². The molecule has 72 valence electrons. The van der Waals surface area contributed by atoms with Gasteiger partial charge in [0.15, 0.2) is 0 Å². The van der Waals surface area contributed by atoms with Crippen LogP contribution in [0.1, 0.15) is 24.5 Å². The van der Waals surface area contributed by atoms with Crippen molar-refractivity contribution in [3.63, 3.8) is 0 Å². The Morgan fingerprint density at radius 3 is 2.92 bits per heavy atom. The zero-order valence-electron chi connectivity index (χ0n) is 8.67. The summed E-state index contributed by atoms with van der Waals surface area (Å²) in [4.78, 5) is 4.13. The van der Waals surface area contributed by atoms with Gasteiger partial charge in [-0.3, -0.25) is 4.98 Å². The number of nitrogens with zero attached hydrogens (tertiary/aromatic N) is 1. The van der Waals surface area contributed by atoms with Crippen molar-refractivity contribution in [1.82, 2.24) is 10.3 Å². The molecule has 1 atom stereocenters. The topological polar surface area (TPSA) is 24.9 Å². The van der Waals surface area contributed by atoms with Crippen LogP contribution in [0.5, 0.6) is 0 Å². The van der Waals surface area contributed by atoms with Gasteiger partial charge in [-0.1, -0.05) is 0 Å². The molecule has 0 aliphatic rings. The normalized spacial score (nSPS) is 12.8. The maximum Gasteiger partial charge on any atom is 0.0302 e. The van der Waals surface area contributed by atoms with Gasteiger partial charge in [0.25, 0.3) is 0 Å². The summed E-state index contributed by atoms with van der Waals surface area (Å²) in [5.41, 5.74) is 2.71. The van der Waals surface area contributed by atoms with Crippen molar-refractivity contribution < 1.29 is 0 Å². The van der Waals surface area contributed by atoms with E-state index in [0.29, 0.717) is 6.04 Å². The molecule has 13 heavy (non-hydrogen) atoms. The lowest BCUT2D eigenvalue weighted by Crippen LogP contribution is -2.21. The molecular weight excluding hydrogens is 160 g/mol. The van der Waals surface area contributed by atoms with E-state index in [4.69, 9.17) is 0 Å². The molecule has 1 N–H and O–H groups in total. The van der Waals surface area contributed by atoms with Crippen molar-refractivity contribution in [3.05, 3.63) is 29.6 Å². The summed E-state index contributed by atoms with van der Waals surface area (Å²) in [6.45, 7) is 4.34. The molecule has 2 nitrogen and oxygen atoms in total. The van der Waals surface area contributed by atoms with E-state index in [1.807, 2.05) is 19.4 Å². The van der Waals surface area contributed by atoms with Crippen molar-refractivity contribution in [2.75, 3.05) is 7.05 Å². The number of hydrogen-bond donors (Lipinski definition) is 1. The zero-order chi connectivity index (χ0) is 9.68. The summed E-state index contributed by atoms with van der Waals surface area (Å²) in [7, 11) is 2.00. The van der Waals surface area contributed by atoms with E-state index in [1.54, 1.807) is 0 Å². The van der Waals surface area contributed by atoms with E-state index in [9.17, 15) is 0 Å². The van der Waals surface area contributed by atoms with Crippen LogP contribution < -0.4 is 5.32 Å². The second-order valence-corrected chi connectivity index (χ2v) is 3.53. The number of pyridine rings is 1. The third-order valence-corrected chi connectivity index (χ3v) is 2.49. The number of rotatable bonds is 4. The molecule has 0 amide bonds. The molecule has 0 saturated carbocycles. The van der Waals surface area contributed by atoms with E-state index in [-0.39, 0.29) is 0 Å². The van der Waals surface area contributed by atoms with E-state index >= 15 is 0 Å². The minimum absolute atomic E-state index is 0.583. The van der Waals surface area contributed by atoms with Gasteiger partial charge in [-0.05, 0) is 50.9 Å². The summed E-state index contributed by atoms with van der Waals surface area (Å²) < 4.78 is 0. The lowest BCUT2D eigenvalue weighted by atomic mass is 10.0. The van der Waals surface area contributed by atoms with Crippen LogP contribution in [0.15, 0.2) is 18.5 Å². The van der Waals surface area contributed by atoms with Crippen LogP contribution in [0, 0.1) is 6.92 Å². The highest BCUT2D eigenvalue weighted by Crippen LogP contribution is 2.08. The van der Waals surface area contributed by atoms with Crippen LogP contribution in [-0.2, 0) is 6.42 Å². The first-order chi connectivity index (χ1) is 6.24. The van der Waals surface area contributed by atoms with Crippen LogP contribution in [0.3, 0.4) is 0 Å². The predicted molar refractivity (Wildman–Crippen MR) is 55.8 cm³/mol. The molecule has 0 saturated heterocycles. The first-order valence-corrected chi connectivity index (χ1v) is 4.80. The predicted octanol–water partition coefficient (Wildman–Crippen LogP) is 1.93. The molecule has 0 aromatic carbocycles. The summed E-state index contributed by atoms with van der Waals surface area (Å²) >= 11 is 0. The number of hydrogen-bond acceptors (Lipinski definition) is 2. The van der Waals surface area contributed by atoms with Gasteiger partial charge in [-0.2, -0.15) is 0 Å². The van der Waals surface area contributed by atoms with E-state index < -0.39 is 0 Å². The molecule has 1 aromatic rings. The molecular formula is C11H18N2. The molecule has 0 aliphatic carbocycles. The van der Waals surface area contributed by atoms with Crippen LogP contribution in [0.4, 0.5) is 0 Å². The maximum atomic E-state index is 4.13. The van der Waals surface area contributed by atoms with Gasteiger partial charge in [0.2, 0.25) is 0 Å². The molecule has 1 heterocycles. The van der Waals surface area contributed by atoms with Gasteiger partial charge in [-0.25, -0.2) is 0 Å². The minimum Gasteiger partial charge on any atom is -0.317 e. The van der Waals surface area contributed by atoms with Crippen molar-refractivity contribution in [1.29, 1.82) is 0 Å². The Kier molecular flexibility index (Phi) is 3.90. The SMILES string of the molecule is CNC(C)CCc1cnccc1C. The van der Waals surface area contributed by atoms with E-state index in [2.05, 4.69) is 30.2 Å². The lowest BCUT2D eigenvalue weighted by molar-refractivity contribution is 0.564. The smallest absolute Gasteiger partial charge is 0.0302 e. The van der Waals surface area contributed by atoms with Gasteiger partial charge in [-0.15, -0.1) is 0 Å².